The van der Waals surface area contributed by atoms with E-state index in [0.29, 0.717) is 5.00 Å². The summed E-state index contributed by atoms with van der Waals surface area (Å²) in [5.74, 6) is 0.841. The molecule has 0 saturated carbocycles. The van der Waals surface area contributed by atoms with Crippen LogP contribution in [0.1, 0.15) is 103 Å². The summed E-state index contributed by atoms with van der Waals surface area (Å²) in [6.07, 6.45) is 22.4. The van der Waals surface area contributed by atoms with Gasteiger partial charge in [0.1, 0.15) is 0 Å². The molecule has 0 aliphatic carbocycles. The van der Waals surface area contributed by atoms with Crippen molar-refractivity contribution in [3.05, 3.63) is 0 Å². The van der Waals surface area contributed by atoms with Crippen LogP contribution >= 0.6 is 23.2 Å². The second-order valence-electron chi connectivity index (χ2n) is 6.79. The monoisotopic (exact) mass is 366 g/mol. The van der Waals surface area contributed by atoms with Crippen molar-refractivity contribution < 1.29 is 0 Å². The van der Waals surface area contributed by atoms with Crippen LogP contribution in [0, 0.1) is 0 Å². The first-order chi connectivity index (χ1) is 10.8. The van der Waals surface area contributed by atoms with Crippen LogP contribution in [0.4, 0.5) is 0 Å². The topological polar surface area (TPSA) is 0 Å². The van der Waals surface area contributed by atoms with E-state index in [1.54, 1.807) is 0 Å². The van der Waals surface area contributed by atoms with Crippen molar-refractivity contribution >= 4 is 32.7 Å². The zero-order chi connectivity index (χ0) is 16.3. The summed E-state index contributed by atoms with van der Waals surface area (Å²) in [6.45, 7) is 2.32. The fraction of sp³-hybridized carbons (Fsp3) is 1.00. The van der Waals surface area contributed by atoms with E-state index in [1.165, 1.54) is 103 Å². The molecule has 0 aliphatic heterocycles. The van der Waals surface area contributed by atoms with Crippen LogP contribution in [0.2, 0.25) is 6.55 Å². The molecule has 0 fully saturated rings. The molecular weight excluding hydrogens is 327 g/mol. The van der Waals surface area contributed by atoms with Crippen molar-refractivity contribution in [1.29, 1.82) is 0 Å². The van der Waals surface area contributed by atoms with E-state index in [1.807, 2.05) is 0 Å². The highest BCUT2D eigenvalue weighted by molar-refractivity contribution is 6.52. The normalized spacial score (nSPS) is 13.2. The van der Waals surface area contributed by atoms with Crippen LogP contribution in [0.5, 0.6) is 0 Å². The first-order valence-electron chi connectivity index (χ1n) is 10.0. The Kier molecular flexibility index (Phi) is 20.6. The van der Waals surface area contributed by atoms with Crippen LogP contribution in [-0.2, 0) is 0 Å². The number of rotatable bonds is 18. The van der Waals surface area contributed by atoms with E-state index >= 15 is 0 Å². The van der Waals surface area contributed by atoms with Gasteiger partial charge in [-0.15, -0.1) is 23.2 Å². The molecule has 0 aromatic heterocycles. The van der Waals surface area contributed by atoms with Gasteiger partial charge in [-0.25, -0.2) is 0 Å². The Morgan fingerprint density at radius 1 is 0.591 bits per heavy atom. The Morgan fingerprint density at radius 2 is 0.909 bits per heavy atom. The van der Waals surface area contributed by atoms with Crippen molar-refractivity contribution in [1.82, 2.24) is 0 Å². The minimum Gasteiger partial charge on any atom is -0.127 e. The van der Waals surface area contributed by atoms with Crippen molar-refractivity contribution in [3.63, 3.8) is 0 Å². The van der Waals surface area contributed by atoms with Crippen molar-refractivity contribution in [2.45, 2.75) is 114 Å². The fourth-order valence-electron chi connectivity index (χ4n) is 2.96. The van der Waals surface area contributed by atoms with Gasteiger partial charge in [-0.3, -0.25) is 0 Å². The van der Waals surface area contributed by atoms with Crippen LogP contribution < -0.4 is 0 Å². The smallest absolute Gasteiger partial charge is 0.0387 e. The van der Waals surface area contributed by atoms with Gasteiger partial charge in [-0.1, -0.05) is 96.4 Å². The molecule has 0 aromatic carbocycles. The summed E-state index contributed by atoms with van der Waals surface area (Å²) < 4.78 is 0. The molecule has 134 valence electrons. The maximum atomic E-state index is 6.19. The lowest BCUT2D eigenvalue weighted by molar-refractivity contribution is 0.531. The third kappa shape index (κ3) is 18.8. The molecule has 0 radical (unpaired) electrons. The second kappa shape index (κ2) is 19.8. The Hall–Kier alpha value is 0.797. The molecule has 0 bridgehead atoms. The van der Waals surface area contributed by atoms with Crippen LogP contribution in [0.15, 0.2) is 0 Å². The summed E-state index contributed by atoms with van der Waals surface area (Å²) in [4.78, 5) is 0. The summed E-state index contributed by atoms with van der Waals surface area (Å²) in [7, 11) is 0.0326. The molecule has 0 rings (SSSR count). The minimum absolute atomic E-state index is 0.0326. The van der Waals surface area contributed by atoms with Gasteiger partial charge in [0.15, 0.2) is 0 Å². The molecule has 0 aromatic rings. The zero-order valence-electron chi connectivity index (χ0n) is 15.1. The molecule has 1 unspecified atom stereocenters. The lowest BCUT2D eigenvalue weighted by Gasteiger charge is -2.05. The fourth-order valence-corrected chi connectivity index (χ4v) is 4.00. The number of alkyl halides is 2. The second-order valence-corrected chi connectivity index (χ2v) is 10.1. The van der Waals surface area contributed by atoms with Gasteiger partial charge in [0.25, 0.3) is 0 Å². The van der Waals surface area contributed by atoms with Crippen molar-refractivity contribution in [3.8, 4) is 0 Å². The Balaban J connectivity index is 2.97. The van der Waals surface area contributed by atoms with Gasteiger partial charge in [0.2, 0.25) is 0 Å². The van der Waals surface area contributed by atoms with E-state index in [0.717, 1.165) is 5.88 Å². The van der Waals surface area contributed by atoms with E-state index in [2.05, 4.69) is 6.55 Å². The van der Waals surface area contributed by atoms with Gasteiger partial charge in [-0.05, 0) is 12.8 Å². The average Bonchev–Trinajstić information content (AvgIpc) is 2.54. The molecule has 3 heteroatoms. The summed E-state index contributed by atoms with van der Waals surface area (Å²) >= 11 is 11.9. The quantitative estimate of drug-likeness (QED) is 0.136. The SMILES string of the molecule is C[SiH2]C(Cl)CCCCCCCCCCCCCCCCCCl. The number of hydrogen-bond donors (Lipinski definition) is 0. The first kappa shape index (κ1) is 22.8. The Morgan fingerprint density at radius 3 is 1.23 bits per heavy atom. The predicted molar refractivity (Wildman–Crippen MR) is 109 cm³/mol. The Labute approximate surface area is 152 Å². The molecule has 22 heavy (non-hydrogen) atoms. The average molecular weight is 368 g/mol. The van der Waals surface area contributed by atoms with Crippen molar-refractivity contribution in [2.75, 3.05) is 5.88 Å². The highest BCUT2D eigenvalue weighted by Gasteiger charge is 2.00. The van der Waals surface area contributed by atoms with Gasteiger partial charge in [0.05, 0.1) is 0 Å². The summed E-state index contributed by atoms with van der Waals surface area (Å²) in [5, 5.41) is 0.556. The molecule has 0 saturated heterocycles. The summed E-state index contributed by atoms with van der Waals surface area (Å²) in [5.41, 5.74) is 0. The molecule has 0 spiro atoms. The van der Waals surface area contributed by atoms with Gasteiger partial charge in [0, 0.05) is 20.4 Å². The molecule has 0 aliphatic rings. The Bertz CT molecular complexity index is 200. The molecule has 0 nitrogen and oxygen atoms in total. The highest BCUT2D eigenvalue weighted by atomic mass is 35.5. The molecule has 1 atom stereocenters. The van der Waals surface area contributed by atoms with E-state index in [-0.39, 0.29) is 9.52 Å². The maximum Gasteiger partial charge on any atom is 0.0387 e. The zero-order valence-corrected chi connectivity index (χ0v) is 18.0. The number of unbranched alkanes of at least 4 members (excludes halogenated alkanes) is 14. The van der Waals surface area contributed by atoms with E-state index in [9.17, 15) is 0 Å². The van der Waals surface area contributed by atoms with E-state index < -0.39 is 0 Å². The lowest BCUT2D eigenvalue weighted by atomic mass is 10.0. The molecule has 0 heterocycles. The maximum absolute atomic E-state index is 6.19. The molecular formula is C19H40Cl2Si. The third-order valence-corrected chi connectivity index (χ3v) is 7.30. The third-order valence-electron chi connectivity index (χ3n) is 4.59. The standard InChI is InChI=1S/C19H40Cl2Si/c1-22-19(21)17-15-13-11-9-7-5-3-2-4-6-8-10-12-14-16-18-20/h19H,2-18,22H2,1H3. The van der Waals surface area contributed by atoms with Crippen LogP contribution in [0.3, 0.4) is 0 Å². The molecule has 0 amide bonds. The van der Waals surface area contributed by atoms with Crippen LogP contribution in [-0.4, -0.2) is 20.4 Å². The molecule has 0 N–H and O–H groups in total. The van der Waals surface area contributed by atoms with E-state index in [4.69, 9.17) is 23.2 Å². The minimum atomic E-state index is 0.0326. The number of hydrogen-bond acceptors (Lipinski definition) is 0. The first-order valence-corrected chi connectivity index (χ1v) is 13.2. The van der Waals surface area contributed by atoms with Gasteiger partial charge >= 0.3 is 0 Å². The highest BCUT2D eigenvalue weighted by Crippen LogP contribution is 2.14. The van der Waals surface area contributed by atoms with Gasteiger partial charge < -0.3 is 0 Å². The summed E-state index contributed by atoms with van der Waals surface area (Å²) in [6, 6.07) is 0. The largest absolute Gasteiger partial charge is 0.127 e. The predicted octanol–water partition coefficient (Wildman–Crippen LogP) is 7.25. The number of halogens is 2. The van der Waals surface area contributed by atoms with Gasteiger partial charge in [-0.2, -0.15) is 0 Å². The van der Waals surface area contributed by atoms with Crippen molar-refractivity contribution in [2.24, 2.45) is 0 Å². The lowest BCUT2D eigenvalue weighted by Crippen LogP contribution is -2.04. The van der Waals surface area contributed by atoms with Crippen LogP contribution in [0.25, 0.3) is 0 Å².